The Bertz CT molecular complexity index is 534. The molecule has 1 unspecified atom stereocenters. The summed E-state index contributed by atoms with van der Waals surface area (Å²) in [5.41, 5.74) is 4.35. The summed E-state index contributed by atoms with van der Waals surface area (Å²) < 4.78 is 6.76. The topological polar surface area (TPSA) is 47.3 Å². The van der Waals surface area contributed by atoms with Crippen molar-refractivity contribution >= 4 is 21.4 Å². The van der Waals surface area contributed by atoms with Crippen LogP contribution in [0.2, 0.25) is 0 Å². The molecular formula is C15H20N2OS. The predicted molar refractivity (Wildman–Crippen MR) is 80.0 cm³/mol. The van der Waals surface area contributed by atoms with Gasteiger partial charge in [-0.05, 0) is 47.6 Å². The molecule has 1 fully saturated rings. The normalized spacial score (nSPS) is 18.8. The zero-order valence-corrected chi connectivity index (χ0v) is 11.8. The Balaban J connectivity index is 1.81. The first-order chi connectivity index (χ1) is 9.38. The average molecular weight is 276 g/mol. The van der Waals surface area contributed by atoms with Crippen molar-refractivity contribution in [1.29, 1.82) is 0 Å². The van der Waals surface area contributed by atoms with Crippen LogP contribution in [0.15, 0.2) is 29.6 Å². The Morgan fingerprint density at radius 1 is 1.32 bits per heavy atom. The van der Waals surface area contributed by atoms with E-state index in [2.05, 4.69) is 35.1 Å². The maximum atomic E-state index is 5.80. The van der Waals surface area contributed by atoms with Crippen LogP contribution in [-0.2, 0) is 4.74 Å². The lowest BCUT2D eigenvalue weighted by Gasteiger charge is -2.26. The van der Waals surface area contributed by atoms with Crippen LogP contribution in [0.1, 0.15) is 30.9 Å². The zero-order valence-electron chi connectivity index (χ0n) is 11.0. The standard InChI is InChI=1S/C15H20N2OS/c16-17-14(9-11-5-7-18-8-6-11)13-10-19-15-4-2-1-3-12(13)15/h1-4,10-11,14,17H,5-9,16H2. The van der Waals surface area contributed by atoms with Crippen LogP contribution in [0.3, 0.4) is 0 Å². The highest BCUT2D eigenvalue weighted by molar-refractivity contribution is 7.17. The van der Waals surface area contributed by atoms with Gasteiger partial charge in [-0.2, -0.15) is 0 Å². The number of rotatable bonds is 4. The Morgan fingerprint density at radius 3 is 2.89 bits per heavy atom. The van der Waals surface area contributed by atoms with Gasteiger partial charge < -0.3 is 4.74 Å². The molecule has 1 aliphatic rings. The SMILES string of the molecule is NNC(CC1CCOCC1)c1csc2ccccc12. The minimum Gasteiger partial charge on any atom is -0.381 e. The second kappa shape index (κ2) is 6.01. The molecule has 102 valence electrons. The van der Waals surface area contributed by atoms with Crippen LogP contribution in [0.25, 0.3) is 10.1 Å². The van der Waals surface area contributed by atoms with Gasteiger partial charge in [0.1, 0.15) is 0 Å². The number of benzene rings is 1. The summed E-state index contributed by atoms with van der Waals surface area (Å²) in [6.07, 6.45) is 3.40. The fourth-order valence-corrected chi connectivity index (χ4v) is 3.88. The molecule has 3 rings (SSSR count). The van der Waals surface area contributed by atoms with E-state index in [4.69, 9.17) is 10.6 Å². The summed E-state index contributed by atoms with van der Waals surface area (Å²) in [5, 5.41) is 3.58. The molecule has 2 heterocycles. The lowest BCUT2D eigenvalue weighted by Crippen LogP contribution is -2.31. The summed E-state index contributed by atoms with van der Waals surface area (Å²) in [6.45, 7) is 1.79. The molecule has 19 heavy (non-hydrogen) atoms. The lowest BCUT2D eigenvalue weighted by molar-refractivity contribution is 0.0606. The Labute approximate surface area is 117 Å². The number of hydrogen-bond acceptors (Lipinski definition) is 4. The third-order valence-electron chi connectivity index (χ3n) is 4.00. The highest BCUT2D eigenvalue weighted by Gasteiger charge is 2.21. The van der Waals surface area contributed by atoms with Gasteiger partial charge >= 0.3 is 0 Å². The first-order valence-electron chi connectivity index (χ1n) is 6.88. The molecule has 2 aromatic rings. The summed E-state index contributed by atoms with van der Waals surface area (Å²) in [5.74, 6) is 6.51. The lowest BCUT2D eigenvalue weighted by atomic mass is 9.89. The molecule has 0 bridgehead atoms. The molecule has 0 amide bonds. The van der Waals surface area contributed by atoms with Crippen LogP contribution in [0.5, 0.6) is 0 Å². The number of hydrogen-bond donors (Lipinski definition) is 2. The molecule has 1 aliphatic heterocycles. The average Bonchev–Trinajstić information content (AvgIpc) is 2.90. The number of fused-ring (bicyclic) bond motifs is 1. The van der Waals surface area contributed by atoms with E-state index in [1.807, 2.05) is 0 Å². The second-order valence-corrected chi connectivity index (χ2v) is 6.11. The summed E-state index contributed by atoms with van der Waals surface area (Å²) in [4.78, 5) is 0. The van der Waals surface area contributed by atoms with Gasteiger partial charge in [0.15, 0.2) is 0 Å². The number of nitrogens with one attached hydrogen (secondary N) is 1. The minimum absolute atomic E-state index is 0.249. The van der Waals surface area contributed by atoms with Gasteiger partial charge in [0, 0.05) is 24.0 Å². The second-order valence-electron chi connectivity index (χ2n) is 5.20. The van der Waals surface area contributed by atoms with E-state index in [1.54, 1.807) is 11.3 Å². The molecule has 0 radical (unpaired) electrons. The highest BCUT2D eigenvalue weighted by atomic mass is 32.1. The van der Waals surface area contributed by atoms with Gasteiger partial charge in [0.25, 0.3) is 0 Å². The number of ether oxygens (including phenoxy) is 1. The van der Waals surface area contributed by atoms with Crippen LogP contribution in [0, 0.1) is 5.92 Å². The van der Waals surface area contributed by atoms with Crippen LogP contribution in [-0.4, -0.2) is 13.2 Å². The van der Waals surface area contributed by atoms with Crippen molar-refractivity contribution in [2.75, 3.05) is 13.2 Å². The summed E-state index contributed by atoms with van der Waals surface area (Å²) >= 11 is 1.80. The quantitative estimate of drug-likeness (QED) is 0.666. The van der Waals surface area contributed by atoms with Crippen molar-refractivity contribution in [1.82, 2.24) is 5.43 Å². The van der Waals surface area contributed by atoms with Gasteiger partial charge in [0.2, 0.25) is 0 Å². The molecule has 1 aromatic carbocycles. The van der Waals surface area contributed by atoms with E-state index in [-0.39, 0.29) is 6.04 Å². The van der Waals surface area contributed by atoms with Crippen molar-refractivity contribution < 1.29 is 4.74 Å². The fourth-order valence-electron chi connectivity index (χ4n) is 2.87. The van der Waals surface area contributed by atoms with Crippen molar-refractivity contribution in [3.8, 4) is 0 Å². The van der Waals surface area contributed by atoms with Crippen molar-refractivity contribution in [2.45, 2.75) is 25.3 Å². The number of hydrazine groups is 1. The van der Waals surface area contributed by atoms with E-state index in [0.29, 0.717) is 5.92 Å². The van der Waals surface area contributed by atoms with Crippen LogP contribution >= 0.6 is 11.3 Å². The highest BCUT2D eigenvalue weighted by Crippen LogP contribution is 2.34. The van der Waals surface area contributed by atoms with Crippen LogP contribution < -0.4 is 11.3 Å². The predicted octanol–water partition coefficient (Wildman–Crippen LogP) is 3.22. The largest absolute Gasteiger partial charge is 0.381 e. The minimum atomic E-state index is 0.249. The van der Waals surface area contributed by atoms with Gasteiger partial charge in [0.05, 0.1) is 0 Å². The molecule has 1 aromatic heterocycles. The maximum Gasteiger partial charge on any atom is 0.0477 e. The smallest absolute Gasteiger partial charge is 0.0477 e. The van der Waals surface area contributed by atoms with E-state index >= 15 is 0 Å². The van der Waals surface area contributed by atoms with Crippen molar-refractivity contribution in [3.05, 3.63) is 35.2 Å². The fraction of sp³-hybridized carbons (Fsp3) is 0.467. The third kappa shape index (κ3) is 2.82. The number of nitrogens with two attached hydrogens (primary N) is 1. The first-order valence-corrected chi connectivity index (χ1v) is 7.76. The van der Waals surface area contributed by atoms with Gasteiger partial charge in [-0.25, -0.2) is 0 Å². The van der Waals surface area contributed by atoms with E-state index in [1.165, 1.54) is 15.6 Å². The van der Waals surface area contributed by atoms with Crippen LogP contribution in [0.4, 0.5) is 0 Å². The maximum absolute atomic E-state index is 5.80. The first kappa shape index (κ1) is 13.1. The molecule has 0 spiro atoms. The van der Waals surface area contributed by atoms with Gasteiger partial charge in [-0.1, -0.05) is 18.2 Å². The molecule has 3 nitrogen and oxygen atoms in total. The molecule has 4 heteroatoms. The van der Waals surface area contributed by atoms with Crippen molar-refractivity contribution in [3.63, 3.8) is 0 Å². The summed E-state index contributed by atoms with van der Waals surface area (Å²) in [7, 11) is 0. The zero-order chi connectivity index (χ0) is 13.1. The monoisotopic (exact) mass is 276 g/mol. The molecular weight excluding hydrogens is 256 g/mol. The van der Waals surface area contributed by atoms with Crippen molar-refractivity contribution in [2.24, 2.45) is 11.8 Å². The van der Waals surface area contributed by atoms with Gasteiger partial charge in [-0.3, -0.25) is 11.3 Å². The number of thiophene rings is 1. The Morgan fingerprint density at radius 2 is 2.11 bits per heavy atom. The molecule has 1 atom stereocenters. The molecule has 0 saturated carbocycles. The van der Waals surface area contributed by atoms with E-state index in [0.717, 1.165) is 32.5 Å². The molecule has 3 N–H and O–H groups in total. The molecule has 1 saturated heterocycles. The Hall–Kier alpha value is -0.940. The Kier molecular flexibility index (Phi) is 4.13. The van der Waals surface area contributed by atoms with E-state index < -0.39 is 0 Å². The summed E-state index contributed by atoms with van der Waals surface area (Å²) in [6, 6.07) is 8.80. The van der Waals surface area contributed by atoms with Gasteiger partial charge in [-0.15, -0.1) is 11.3 Å². The third-order valence-corrected chi connectivity index (χ3v) is 4.98. The van der Waals surface area contributed by atoms with E-state index in [9.17, 15) is 0 Å². The molecule has 0 aliphatic carbocycles.